The van der Waals surface area contributed by atoms with Crippen LogP contribution in [0.25, 0.3) is 11.3 Å². The molecule has 61 heavy (non-hydrogen) atoms. The highest BCUT2D eigenvalue weighted by Crippen LogP contribution is 2.24. The van der Waals surface area contributed by atoms with Crippen LogP contribution in [0, 0.1) is 0 Å². The Hall–Kier alpha value is -6.42. The maximum atomic E-state index is 12.8. The minimum Gasteiger partial charge on any atom is -0.481 e. The number of aromatic nitrogens is 10. The van der Waals surface area contributed by atoms with Gasteiger partial charge in [0.1, 0.15) is 0 Å². The number of nitrogens with zero attached hydrogens (tertiary/aromatic N) is 10. The maximum absolute atomic E-state index is 12.8. The van der Waals surface area contributed by atoms with Crippen molar-refractivity contribution in [3.05, 3.63) is 58.1 Å². The Morgan fingerprint density at radius 1 is 0.590 bits per heavy atom. The monoisotopic (exact) mass is 928 g/mol. The highest BCUT2D eigenvalue weighted by molar-refractivity contribution is 7.90. The number of sulfonamides is 2. The molecule has 0 aromatic carbocycles. The second kappa shape index (κ2) is 20.2. The molecule has 0 unspecified atom stereocenters. The van der Waals surface area contributed by atoms with Crippen molar-refractivity contribution in [2.24, 2.45) is 0 Å². The van der Waals surface area contributed by atoms with Crippen molar-refractivity contribution in [3.63, 3.8) is 0 Å². The van der Waals surface area contributed by atoms with E-state index in [0.717, 1.165) is 21.9 Å². The average molecular weight is 930 g/mol. The lowest BCUT2D eigenvalue weighted by Crippen LogP contribution is -2.35. The van der Waals surface area contributed by atoms with Gasteiger partial charge in [-0.05, 0) is 37.1 Å². The van der Waals surface area contributed by atoms with E-state index in [1.165, 1.54) is 40.6 Å². The minimum absolute atomic E-state index is 0. The zero-order chi connectivity index (χ0) is 43.8. The lowest BCUT2D eigenvalue weighted by atomic mass is 10.2. The quantitative estimate of drug-likeness (QED) is 0.122. The number of hydrogen-bond acceptors (Lipinski definition) is 18. The van der Waals surface area contributed by atoms with E-state index in [1.54, 1.807) is 24.3 Å². The number of nitrogens with one attached hydrogen (secondary N) is 4. The summed E-state index contributed by atoms with van der Waals surface area (Å²) in [6.07, 6.45) is 2.89. The third kappa shape index (κ3) is 11.4. The Bertz CT molecular complexity index is 2540. The second-order valence-corrected chi connectivity index (χ2v) is 15.7. The normalized spacial score (nSPS) is 11.1. The summed E-state index contributed by atoms with van der Waals surface area (Å²) in [4.78, 5) is 48.1. The fraction of sp³-hybridized carbons (Fsp3) is 0.312. The van der Waals surface area contributed by atoms with E-state index in [2.05, 4.69) is 50.7 Å². The number of anilines is 2. The van der Waals surface area contributed by atoms with Gasteiger partial charge in [-0.2, -0.15) is 56.0 Å². The molecule has 0 saturated carbocycles. The van der Waals surface area contributed by atoms with Crippen molar-refractivity contribution in [2.45, 2.75) is 49.6 Å². The van der Waals surface area contributed by atoms with E-state index in [9.17, 15) is 26.4 Å². The number of rotatable bonds is 14. The van der Waals surface area contributed by atoms with E-state index in [1.807, 2.05) is 23.3 Å². The van der Waals surface area contributed by atoms with Gasteiger partial charge >= 0.3 is 12.1 Å². The minimum atomic E-state index is -4.43. The summed E-state index contributed by atoms with van der Waals surface area (Å²) in [5.74, 6) is -0.0250. The molecule has 0 saturated heterocycles. The molecule has 0 atom stereocenters. The van der Waals surface area contributed by atoms with Crippen LogP contribution >= 0.6 is 23.2 Å². The van der Waals surface area contributed by atoms with Gasteiger partial charge in [-0.15, -0.1) is 0 Å². The Labute approximate surface area is 357 Å². The molecule has 4 amide bonds. The average Bonchev–Trinajstić information content (AvgIpc) is 3.72. The summed E-state index contributed by atoms with van der Waals surface area (Å²) in [6.45, 7) is 3.93. The molecule has 29 heteroatoms. The van der Waals surface area contributed by atoms with Crippen LogP contribution in [0.2, 0.25) is 10.3 Å². The molecule has 0 fully saturated rings. The molecule has 0 aliphatic rings. The highest BCUT2D eigenvalue weighted by Gasteiger charge is 2.29. The molecule has 6 heterocycles. The number of methoxy groups -OCH3 is 4. The van der Waals surface area contributed by atoms with E-state index in [0.29, 0.717) is 24.2 Å². The molecular formula is C32H38Cl2N14O11S2. The number of carbonyl (C=O) groups excluding carboxylic acids is 2. The van der Waals surface area contributed by atoms with E-state index in [4.69, 9.17) is 42.1 Å². The molecule has 6 aromatic heterocycles. The topological polar surface area (TPSA) is 331 Å². The van der Waals surface area contributed by atoms with Gasteiger partial charge < -0.3 is 24.4 Å². The summed E-state index contributed by atoms with van der Waals surface area (Å²) in [5, 5.41) is 11.3. The first-order chi connectivity index (χ1) is 28.5. The molecule has 0 radical (unpaired) electrons. The fourth-order valence-corrected chi connectivity index (χ4v) is 7.99. The maximum Gasteiger partial charge on any atom is 0.335 e. The zero-order valence-electron chi connectivity index (χ0n) is 32.9. The van der Waals surface area contributed by atoms with Crippen LogP contribution in [0.5, 0.6) is 23.5 Å². The van der Waals surface area contributed by atoms with Crippen LogP contribution in [0.3, 0.4) is 0 Å². The predicted octanol–water partition coefficient (Wildman–Crippen LogP) is 2.48. The van der Waals surface area contributed by atoms with Crippen LogP contribution in [-0.4, -0.2) is 112 Å². The third-order valence-corrected chi connectivity index (χ3v) is 10.9. The molecule has 6 aromatic rings. The van der Waals surface area contributed by atoms with Crippen LogP contribution < -0.4 is 39.0 Å². The standard InChI is InChI=1S/2C16H18ClN7O5S.H2O/c2*1-4-5-9-6-7-10-18-13(17)14(24(10)22-9)30(26,27)23-16(25)21-15-19-11(28-2)8-12(20-15)29-3;/h2*6-8H,4-5H2,1-3H3,(H2,19,20,21,23,25);1H2. The van der Waals surface area contributed by atoms with Crippen molar-refractivity contribution in [3.8, 4) is 23.5 Å². The predicted molar refractivity (Wildman–Crippen MR) is 217 cm³/mol. The van der Waals surface area contributed by atoms with Gasteiger partial charge in [0.05, 0.1) is 52.0 Å². The van der Waals surface area contributed by atoms with E-state index in [-0.39, 0.29) is 62.5 Å². The molecule has 0 spiro atoms. The Kier molecular flexibility index (Phi) is 15.7. The van der Waals surface area contributed by atoms with Crippen molar-refractivity contribution < 1.29 is 50.8 Å². The van der Waals surface area contributed by atoms with Crippen LogP contribution in [-0.2, 0) is 32.9 Å². The number of aryl methyl sites for hydroxylation is 2. The lowest BCUT2D eigenvalue weighted by molar-refractivity contribution is 0.255. The number of ether oxygens (including phenoxy) is 4. The molecule has 6 rings (SSSR count). The van der Waals surface area contributed by atoms with E-state index < -0.39 is 42.2 Å². The first-order valence-corrected chi connectivity index (χ1v) is 21.0. The lowest BCUT2D eigenvalue weighted by Gasteiger charge is -2.09. The molecule has 0 bridgehead atoms. The number of imidazole rings is 2. The Morgan fingerprint density at radius 3 is 1.21 bits per heavy atom. The van der Waals surface area contributed by atoms with E-state index >= 15 is 0 Å². The summed E-state index contributed by atoms with van der Waals surface area (Å²) >= 11 is 12.0. The number of fused-ring (bicyclic) bond motifs is 2. The van der Waals surface area contributed by atoms with Gasteiger partial charge in [0.2, 0.25) is 45.5 Å². The number of urea groups is 2. The van der Waals surface area contributed by atoms with Crippen molar-refractivity contribution >= 4 is 78.5 Å². The first-order valence-electron chi connectivity index (χ1n) is 17.2. The zero-order valence-corrected chi connectivity index (χ0v) is 36.1. The van der Waals surface area contributed by atoms with Crippen LogP contribution in [0.15, 0.2) is 46.5 Å². The third-order valence-electron chi connectivity index (χ3n) is 7.52. The molecule has 25 nitrogen and oxygen atoms in total. The Balaban J connectivity index is 0.000000264. The highest BCUT2D eigenvalue weighted by atomic mass is 35.5. The summed E-state index contributed by atoms with van der Waals surface area (Å²) in [7, 11) is -3.41. The van der Waals surface area contributed by atoms with Crippen molar-refractivity contribution in [2.75, 3.05) is 39.1 Å². The molecule has 0 aliphatic heterocycles. The first kappa shape index (κ1) is 47.3. The van der Waals surface area contributed by atoms with Gasteiger partial charge in [0.15, 0.2) is 21.6 Å². The molecule has 6 N–H and O–H groups in total. The second-order valence-electron chi connectivity index (χ2n) is 11.8. The number of amides is 4. The summed E-state index contributed by atoms with van der Waals surface area (Å²) in [5.41, 5.74) is 1.75. The number of halogens is 2. The van der Waals surface area contributed by atoms with Crippen molar-refractivity contribution in [1.29, 1.82) is 0 Å². The molecule has 328 valence electrons. The van der Waals surface area contributed by atoms with Crippen LogP contribution in [0.4, 0.5) is 21.5 Å². The van der Waals surface area contributed by atoms with Gasteiger partial charge in [0.25, 0.3) is 20.0 Å². The fourth-order valence-electron chi connectivity index (χ4n) is 5.01. The molecule has 0 aliphatic carbocycles. The largest absolute Gasteiger partial charge is 0.481 e. The smallest absolute Gasteiger partial charge is 0.335 e. The number of carbonyl (C=O) groups is 2. The summed E-state index contributed by atoms with van der Waals surface area (Å²) in [6, 6.07) is 7.17. The summed E-state index contributed by atoms with van der Waals surface area (Å²) < 4.78 is 76.9. The van der Waals surface area contributed by atoms with Gasteiger partial charge in [-0.3, -0.25) is 10.6 Å². The SMILES string of the molecule is CCCc1ccc2nc(Cl)c(S(=O)(=O)NC(=O)Nc3nc(OC)cc(OC)n3)n2n1.CCCc1ccc2nc(Cl)c(S(=O)(=O)NC(=O)Nc3nc(OC)cc(OC)n3)n2n1.O. The van der Waals surface area contributed by atoms with Gasteiger partial charge in [-0.25, -0.2) is 29.0 Å². The number of hydrogen-bond donors (Lipinski definition) is 4. The molecular weight excluding hydrogens is 891 g/mol. The van der Waals surface area contributed by atoms with Crippen LogP contribution in [0.1, 0.15) is 38.1 Å². The van der Waals surface area contributed by atoms with Crippen molar-refractivity contribution in [1.82, 2.24) is 58.6 Å². The van der Waals surface area contributed by atoms with Gasteiger partial charge in [0, 0.05) is 0 Å². The Morgan fingerprint density at radius 2 is 0.918 bits per heavy atom. The van der Waals surface area contributed by atoms with Gasteiger partial charge in [-0.1, -0.05) is 49.9 Å².